The molecule has 1 aromatic rings. The molecule has 1 amide bonds. The lowest BCUT2D eigenvalue weighted by Gasteiger charge is -2.36. The van der Waals surface area contributed by atoms with E-state index >= 15 is 0 Å². The van der Waals surface area contributed by atoms with E-state index in [1.54, 1.807) is 0 Å². The van der Waals surface area contributed by atoms with Crippen LogP contribution in [-0.4, -0.2) is 61.0 Å². The van der Waals surface area contributed by atoms with Crippen LogP contribution in [0.3, 0.4) is 0 Å². The fourth-order valence-electron chi connectivity index (χ4n) is 5.35. The molecule has 1 saturated carbocycles. The number of hydrogen-bond donors (Lipinski definition) is 0. The second-order valence-electron chi connectivity index (χ2n) is 9.30. The summed E-state index contributed by atoms with van der Waals surface area (Å²) in [6.45, 7) is 6.66. The van der Waals surface area contributed by atoms with Gasteiger partial charge in [0.1, 0.15) is 0 Å². The van der Waals surface area contributed by atoms with Crippen molar-refractivity contribution in [3.63, 3.8) is 0 Å². The highest BCUT2D eigenvalue weighted by atomic mass is 16.2. The van der Waals surface area contributed by atoms with Crippen molar-refractivity contribution in [3.05, 3.63) is 29.8 Å². The highest BCUT2D eigenvalue weighted by Gasteiger charge is 2.38. The minimum absolute atomic E-state index is 0.241. The summed E-state index contributed by atoms with van der Waals surface area (Å²) in [5, 5.41) is 0. The minimum atomic E-state index is 0.241. The van der Waals surface area contributed by atoms with Gasteiger partial charge < -0.3 is 9.80 Å². The molecule has 4 heteroatoms. The second kappa shape index (κ2) is 7.46. The van der Waals surface area contributed by atoms with E-state index in [-0.39, 0.29) is 5.91 Å². The van der Waals surface area contributed by atoms with Gasteiger partial charge in [0, 0.05) is 56.6 Å². The quantitative estimate of drug-likeness (QED) is 0.813. The second-order valence-corrected chi connectivity index (χ2v) is 9.30. The summed E-state index contributed by atoms with van der Waals surface area (Å²) in [5.41, 5.74) is 2.14. The van der Waals surface area contributed by atoms with Crippen LogP contribution in [0.25, 0.3) is 0 Å². The number of anilines is 1. The van der Waals surface area contributed by atoms with Gasteiger partial charge >= 0.3 is 0 Å². The predicted octanol–water partition coefficient (Wildman–Crippen LogP) is 3.62. The molecule has 5 aliphatic rings. The van der Waals surface area contributed by atoms with Crippen LogP contribution in [0.2, 0.25) is 0 Å². The van der Waals surface area contributed by atoms with E-state index in [4.69, 9.17) is 0 Å². The first-order chi connectivity index (χ1) is 13.3. The largest absolute Gasteiger partial charge is 0.372 e. The SMILES string of the molecule is O=C(c1ccc(N2CCCCC2)cc1)N1C[C@H]2CC[C@@H](C1)N(CC1CC1)C2. The number of amides is 1. The molecule has 1 aromatic carbocycles. The first kappa shape index (κ1) is 17.5. The number of hydrogen-bond acceptors (Lipinski definition) is 3. The van der Waals surface area contributed by atoms with Gasteiger partial charge in [-0.05, 0) is 81.0 Å². The standard InChI is InChI=1S/C23H33N3O/c27-23(20-7-10-21(11-8-20)24-12-2-1-3-13-24)26-16-19-6-9-22(17-26)25(15-19)14-18-4-5-18/h7-8,10-11,18-19,22H,1-6,9,12-17H2/t19-,22-/m0/s1. The van der Waals surface area contributed by atoms with Crippen molar-refractivity contribution in [3.8, 4) is 0 Å². The molecule has 27 heavy (non-hydrogen) atoms. The molecule has 2 atom stereocenters. The molecule has 0 unspecified atom stereocenters. The maximum Gasteiger partial charge on any atom is 0.253 e. The average Bonchev–Trinajstić information content (AvgIpc) is 3.56. The molecule has 146 valence electrons. The van der Waals surface area contributed by atoms with Crippen LogP contribution in [0.15, 0.2) is 24.3 Å². The molecule has 4 nitrogen and oxygen atoms in total. The molecule has 4 heterocycles. The van der Waals surface area contributed by atoms with Gasteiger partial charge in [0.05, 0.1) is 0 Å². The van der Waals surface area contributed by atoms with E-state index < -0.39 is 0 Å². The maximum atomic E-state index is 13.2. The van der Waals surface area contributed by atoms with Crippen molar-refractivity contribution in [1.82, 2.24) is 9.80 Å². The molecular weight excluding hydrogens is 334 g/mol. The topological polar surface area (TPSA) is 26.8 Å². The van der Waals surface area contributed by atoms with Gasteiger partial charge in [-0.15, -0.1) is 0 Å². The summed E-state index contributed by atoms with van der Waals surface area (Å²) >= 11 is 0. The minimum Gasteiger partial charge on any atom is -0.372 e. The Morgan fingerprint density at radius 1 is 0.889 bits per heavy atom. The summed E-state index contributed by atoms with van der Waals surface area (Å²) in [7, 11) is 0. The first-order valence-corrected chi connectivity index (χ1v) is 11.1. The first-order valence-electron chi connectivity index (χ1n) is 11.1. The third-order valence-corrected chi connectivity index (χ3v) is 7.14. The third kappa shape index (κ3) is 3.87. The van der Waals surface area contributed by atoms with Gasteiger partial charge in [0.25, 0.3) is 5.91 Å². The lowest BCUT2D eigenvalue weighted by Crippen LogP contribution is -2.45. The van der Waals surface area contributed by atoms with E-state index in [1.165, 1.54) is 63.7 Å². The molecule has 0 spiro atoms. The number of piperidine rings is 2. The molecule has 5 fully saturated rings. The zero-order valence-corrected chi connectivity index (χ0v) is 16.5. The van der Waals surface area contributed by atoms with E-state index in [0.717, 1.165) is 37.7 Å². The zero-order valence-electron chi connectivity index (χ0n) is 16.5. The Hall–Kier alpha value is -1.55. The van der Waals surface area contributed by atoms with Gasteiger partial charge in [-0.2, -0.15) is 0 Å². The summed E-state index contributed by atoms with van der Waals surface area (Å²) in [6, 6.07) is 9.01. The smallest absolute Gasteiger partial charge is 0.253 e. The van der Waals surface area contributed by atoms with Crippen molar-refractivity contribution in [1.29, 1.82) is 0 Å². The van der Waals surface area contributed by atoms with Crippen LogP contribution >= 0.6 is 0 Å². The highest BCUT2D eigenvalue weighted by Crippen LogP contribution is 2.35. The summed E-state index contributed by atoms with van der Waals surface area (Å²) in [5.74, 6) is 1.85. The molecular formula is C23H33N3O. The van der Waals surface area contributed by atoms with Crippen LogP contribution in [0.4, 0.5) is 5.69 Å². The van der Waals surface area contributed by atoms with Crippen molar-refractivity contribution < 1.29 is 4.79 Å². The number of benzene rings is 1. The Labute approximate surface area is 163 Å². The summed E-state index contributed by atoms with van der Waals surface area (Å²) < 4.78 is 0. The number of fused-ring (bicyclic) bond motifs is 4. The zero-order chi connectivity index (χ0) is 18.2. The number of carbonyl (C=O) groups excluding carboxylic acids is 1. The Balaban J connectivity index is 1.26. The molecule has 1 aliphatic carbocycles. The molecule has 0 aromatic heterocycles. The Morgan fingerprint density at radius 3 is 2.41 bits per heavy atom. The number of rotatable bonds is 4. The van der Waals surface area contributed by atoms with E-state index in [2.05, 4.69) is 39.0 Å². The predicted molar refractivity (Wildman–Crippen MR) is 109 cm³/mol. The summed E-state index contributed by atoms with van der Waals surface area (Å²) in [4.78, 5) is 20.5. The fourth-order valence-corrected chi connectivity index (χ4v) is 5.35. The van der Waals surface area contributed by atoms with Crippen molar-refractivity contribution in [2.75, 3.05) is 44.2 Å². The molecule has 0 radical (unpaired) electrons. The molecule has 4 aliphatic heterocycles. The van der Waals surface area contributed by atoms with E-state index in [0.29, 0.717) is 12.0 Å². The van der Waals surface area contributed by atoms with Gasteiger partial charge in [-0.3, -0.25) is 9.69 Å². The lowest BCUT2D eigenvalue weighted by molar-refractivity contribution is 0.0737. The van der Waals surface area contributed by atoms with E-state index in [9.17, 15) is 4.79 Å². The fraction of sp³-hybridized carbons (Fsp3) is 0.696. The van der Waals surface area contributed by atoms with Crippen molar-refractivity contribution in [2.24, 2.45) is 11.8 Å². The van der Waals surface area contributed by atoms with Crippen LogP contribution < -0.4 is 4.90 Å². The molecule has 2 bridgehead atoms. The third-order valence-electron chi connectivity index (χ3n) is 7.14. The average molecular weight is 368 g/mol. The van der Waals surface area contributed by atoms with E-state index in [1.807, 2.05) is 0 Å². The van der Waals surface area contributed by atoms with Crippen molar-refractivity contribution in [2.45, 2.75) is 51.0 Å². The van der Waals surface area contributed by atoms with Crippen molar-refractivity contribution >= 4 is 11.6 Å². The normalized spacial score (nSPS) is 29.0. The van der Waals surface area contributed by atoms with Crippen LogP contribution in [0, 0.1) is 11.8 Å². The number of nitrogens with zero attached hydrogens (tertiary/aromatic N) is 3. The van der Waals surface area contributed by atoms with Gasteiger partial charge in [-0.25, -0.2) is 0 Å². The molecule has 4 saturated heterocycles. The van der Waals surface area contributed by atoms with Gasteiger partial charge in [0.2, 0.25) is 0 Å². The Bertz CT molecular complexity index is 663. The Morgan fingerprint density at radius 2 is 1.67 bits per heavy atom. The van der Waals surface area contributed by atoms with Crippen LogP contribution in [0.1, 0.15) is 55.3 Å². The lowest BCUT2D eigenvalue weighted by atomic mass is 9.95. The molecule has 0 N–H and O–H groups in total. The Kier molecular flexibility index (Phi) is 4.85. The van der Waals surface area contributed by atoms with Gasteiger partial charge in [-0.1, -0.05) is 0 Å². The monoisotopic (exact) mass is 367 g/mol. The number of carbonyl (C=O) groups is 1. The highest BCUT2D eigenvalue weighted by molar-refractivity contribution is 5.94. The van der Waals surface area contributed by atoms with Crippen LogP contribution in [-0.2, 0) is 0 Å². The summed E-state index contributed by atoms with van der Waals surface area (Å²) in [6.07, 6.45) is 9.32. The molecule has 6 rings (SSSR count). The maximum absolute atomic E-state index is 13.2. The van der Waals surface area contributed by atoms with Gasteiger partial charge in [0.15, 0.2) is 0 Å². The van der Waals surface area contributed by atoms with Crippen LogP contribution in [0.5, 0.6) is 0 Å².